The summed E-state index contributed by atoms with van der Waals surface area (Å²) in [4.78, 5) is 0. The molecule has 0 spiro atoms. The third-order valence-electron chi connectivity index (χ3n) is 1.57. The molecule has 0 saturated heterocycles. The van der Waals surface area contributed by atoms with Crippen molar-refractivity contribution in [2.45, 2.75) is 6.92 Å². The van der Waals surface area contributed by atoms with Gasteiger partial charge < -0.3 is 0 Å². The lowest BCUT2D eigenvalue weighted by molar-refractivity contribution is 0.867. The van der Waals surface area contributed by atoms with Crippen molar-refractivity contribution in [3.8, 4) is 12.3 Å². The topological polar surface area (TPSA) is 43.1 Å². The third kappa shape index (κ3) is 0.839. The standard InChI is InChI=1S/C8H6N4/c1-3-7-4-5-8-10-9-6(2)12(8)11-7/h1,4-5H,2H3. The monoisotopic (exact) mass is 158 g/mol. The van der Waals surface area contributed by atoms with Gasteiger partial charge in [-0.3, -0.25) is 0 Å². The summed E-state index contributed by atoms with van der Waals surface area (Å²) in [6, 6.07) is 3.53. The molecule has 4 heteroatoms. The highest BCUT2D eigenvalue weighted by atomic mass is 15.4. The van der Waals surface area contributed by atoms with Crippen molar-refractivity contribution in [3.63, 3.8) is 0 Å². The van der Waals surface area contributed by atoms with Gasteiger partial charge in [0.2, 0.25) is 0 Å². The molecule has 0 aliphatic rings. The van der Waals surface area contributed by atoms with Crippen LogP contribution in [-0.2, 0) is 0 Å². The fraction of sp³-hybridized carbons (Fsp3) is 0.125. The van der Waals surface area contributed by atoms with Crippen LogP contribution in [0.5, 0.6) is 0 Å². The van der Waals surface area contributed by atoms with Gasteiger partial charge in [-0.05, 0) is 25.0 Å². The predicted octanol–water partition coefficient (Wildman–Crippen LogP) is 0.414. The van der Waals surface area contributed by atoms with Gasteiger partial charge >= 0.3 is 0 Å². The first-order valence-electron chi connectivity index (χ1n) is 3.47. The summed E-state index contributed by atoms with van der Waals surface area (Å²) in [6.07, 6.45) is 5.19. The first-order valence-corrected chi connectivity index (χ1v) is 3.47. The third-order valence-corrected chi connectivity index (χ3v) is 1.57. The lowest BCUT2D eigenvalue weighted by Gasteiger charge is -1.92. The summed E-state index contributed by atoms with van der Waals surface area (Å²) in [5.74, 6) is 3.19. The average Bonchev–Trinajstić information content (AvgIpc) is 2.47. The van der Waals surface area contributed by atoms with E-state index >= 15 is 0 Å². The van der Waals surface area contributed by atoms with E-state index in [4.69, 9.17) is 6.42 Å². The number of terminal acetylenes is 1. The van der Waals surface area contributed by atoms with E-state index in [0.717, 1.165) is 5.82 Å². The fourth-order valence-electron chi connectivity index (χ4n) is 0.973. The van der Waals surface area contributed by atoms with Crippen molar-refractivity contribution in [1.29, 1.82) is 0 Å². The minimum absolute atomic E-state index is 0.588. The van der Waals surface area contributed by atoms with E-state index in [9.17, 15) is 0 Å². The van der Waals surface area contributed by atoms with Gasteiger partial charge in [-0.15, -0.1) is 16.6 Å². The van der Waals surface area contributed by atoms with E-state index in [1.54, 1.807) is 16.6 Å². The minimum atomic E-state index is 0.588. The summed E-state index contributed by atoms with van der Waals surface area (Å²) < 4.78 is 1.62. The number of aryl methyl sites for hydroxylation is 1. The summed E-state index contributed by atoms with van der Waals surface area (Å²) in [5.41, 5.74) is 1.30. The molecule has 0 fully saturated rings. The molecule has 0 unspecified atom stereocenters. The highest BCUT2D eigenvalue weighted by Crippen LogP contribution is 2.00. The second kappa shape index (κ2) is 2.31. The SMILES string of the molecule is C#Cc1ccc2nnc(C)n2n1. The average molecular weight is 158 g/mol. The van der Waals surface area contributed by atoms with Gasteiger partial charge in [0, 0.05) is 0 Å². The molecular weight excluding hydrogens is 152 g/mol. The molecule has 0 radical (unpaired) electrons. The molecule has 0 saturated carbocycles. The van der Waals surface area contributed by atoms with Crippen molar-refractivity contribution in [3.05, 3.63) is 23.7 Å². The highest BCUT2D eigenvalue weighted by Gasteiger charge is 2.00. The zero-order valence-electron chi connectivity index (χ0n) is 6.52. The Balaban J connectivity index is 2.82. The number of rotatable bonds is 0. The van der Waals surface area contributed by atoms with Crippen molar-refractivity contribution in [2.75, 3.05) is 0 Å². The second-order valence-electron chi connectivity index (χ2n) is 2.38. The van der Waals surface area contributed by atoms with Crippen LogP contribution in [-0.4, -0.2) is 19.8 Å². The molecule has 2 aromatic heterocycles. The first-order chi connectivity index (χ1) is 5.81. The molecule has 2 aromatic rings. The van der Waals surface area contributed by atoms with E-state index in [2.05, 4.69) is 21.2 Å². The van der Waals surface area contributed by atoms with E-state index in [1.165, 1.54) is 0 Å². The molecule has 4 nitrogen and oxygen atoms in total. The van der Waals surface area contributed by atoms with Crippen LogP contribution < -0.4 is 0 Å². The van der Waals surface area contributed by atoms with Gasteiger partial charge in [0.05, 0.1) is 0 Å². The van der Waals surface area contributed by atoms with Gasteiger partial charge in [-0.2, -0.15) is 9.61 Å². The molecule has 0 N–H and O–H groups in total. The molecule has 0 amide bonds. The molecule has 58 valence electrons. The zero-order valence-corrected chi connectivity index (χ0v) is 6.52. The maximum atomic E-state index is 5.19. The summed E-state index contributed by atoms with van der Waals surface area (Å²) in [7, 11) is 0. The van der Waals surface area contributed by atoms with Crippen molar-refractivity contribution >= 4 is 5.65 Å². The van der Waals surface area contributed by atoms with Crippen LogP contribution in [0.3, 0.4) is 0 Å². The van der Waals surface area contributed by atoms with Crippen molar-refractivity contribution in [1.82, 2.24) is 19.8 Å². The molecule has 2 heterocycles. The zero-order chi connectivity index (χ0) is 8.55. The molecule has 0 aromatic carbocycles. The van der Waals surface area contributed by atoms with Crippen LogP contribution >= 0.6 is 0 Å². The summed E-state index contributed by atoms with van der Waals surface area (Å²) in [6.45, 7) is 1.83. The number of nitrogens with zero attached hydrogens (tertiary/aromatic N) is 4. The Hall–Kier alpha value is -1.89. The van der Waals surface area contributed by atoms with Crippen LogP contribution in [0.25, 0.3) is 5.65 Å². The van der Waals surface area contributed by atoms with Crippen LogP contribution in [0.1, 0.15) is 11.5 Å². The van der Waals surface area contributed by atoms with E-state index < -0.39 is 0 Å². The second-order valence-corrected chi connectivity index (χ2v) is 2.38. The van der Waals surface area contributed by atoms with Gasteiger partial charge in [-0.1, -0.05) is 0 Å². The van der Waals surface area contributed by atoms with E-state index in [0.29, 0.717) is 11.3 Å². The molecule has 0 atom stereocenters. The Bertz CT molecular complexity index is 463. The van der Waals surface area contributed by atoms with Crippen LogP contribution in [0.15, 0.2) is 12.1 Å². The van der Waals surface area contributed by atoms with Gasteiger partial charge in [0.15, 0.2) is 11.5 Å². The summed E-state index contributed by atoms with van der Waals surface area (Å²) in [5, 5.41) is 11.8. The Kier molecular flexibility index (Phi) is 1.31. The Labute approximate surface area is 69.2 Å². The van der Waals surface area contributed by atoms with Crippen molar-refractivity contribution in [2.24, 2.45) is 0 Å². The first kappa shape index (κ1) is 6.80. The lowest BCUT2D eigenvalue weighted by Crippen LogP contribution is -1.96. The lowest BCUT2D eigenvalue weighted by atomic mass is 10.4. The molecular formula is C8H6N4. The normalized spacial score (nSPS) is 10.0. The molecule has 12 heavy (non-hydrogen) atoms. The van der Waals surface area contributed by atoms with E-state index in [-0.39, 0.29) is 0 Å². The Morgan fingerprint density at radius 3 is 3.00 bits per heavy atom. The quantitative estimate of drug-likeness (QED) is 0.522. The summed E-state index contributed by atoms with van der Waals surface area (Å²) >= 11 is 0. The Morgan fingerprint density at radius 1 is 1.42 bits per heavy atom. The van der Waals surface area contributed by atoms with Gasteiger partial charge in [0.25, 0.3) is 0 Å². The van der Waals surface area contributed by atoms with Crippen LogP contribution in [0, 0.1) is 19.3 Å². The smallest absolute Gasteiger partial charge is 0.177 e. The van der Waals surface area contributed by atoms with E-state index in [1.807, 2.05) is 6.92 Å². The largest absolute Gasteiger partial charge is 0.196 e. The number of aromatic nitrogens is 4. The predicted molar refractivity (Wildman–Crippen MR) is 43.5 cm³/mol. The van der Waals surface area contributed by atoms with Crippen LogP contribution in [0.4, 0.5) is 0 Å². The number of hydrogen-bond acceptors (Lipinski definition) is 3. The maximum absolute atomic E-state index is 5.19. The van der Waals surface area contributed by atoms with Gasteiger partial charge in [0.1, 0.15) is 5.69 Å². The van der Waals surface area contributed by atoms with Crippen molar-refractivity contribution < 1.29 is 0 Å². The highest BCUT2D eigenvalue weighted by molar-refractivity contribution is 5.38. The molecule has 0 aliphatic carbocycles. The molecule has 2 rings (SSSR count). The van der Waals surface area contributed by atoms with Gasteiger partial charge in [-0.25, -0.2) is 0 Å². The molecule has 0 aliphatic heterocycles. The Morgan fingerprint density at radius 2 is 2.25 bits per heavy atom. The molecule has 0 bridgehead atoms. The fourth-order valence-corrected chi connectivity index (χ4v) is 0.973. The van der Waals surface area contributed by atoms with Crippen LogP contribution in [0.2, 0.25) is 0 Å². The number of fused-ring (bicyclic) bond motifs is 1. The minimum Gasteiger partial charge on any atom is -0.196 e. The number of hydrogen-bond donors (Lipinski definition) is 0. The maximum Gasteiger partial charge on any atom is 0.177 e.